The van der Waals surface area contributed by atoms with Crippen molar-refractivity contribution in [1.82, 2.24) is 0 Å². The van der Waals surface area contributed by atoms with E-state index >= 15 is 0 Å². The lowest BCUT2D eigenvalue weighted by atomic mass is 10.0. The minimum absolute atomic E-state index is 0.0311. The average molecular weight is 1390 g/mol. The molecule has 0 saturated carbocycles. The third-order valence-corrected chi connectivity index (χ3v) is 19.3. The second-order valence-electron chi connectivity index (χ2n) is 29.1. The summed E-state index contributed by atoms with van der Waals surface area (Å²) in [6, 6.07) is 0. The quantitative estimate of drug-likeness (QED) is 0.0211. The van der Waals surface area contributed by atoms with Gasteiger partial charge in [-0.25, -0.2) is 4.57 Å². The van der Waals surface area contributed by atoms with Gasteiger partial charge in [-0.1, -0.05) is 380 Å². The Kier molecular flexibility index (Phi) is 75.2. The molecule has 1 N–H and O–H groups in total. The Labute approximate surface area is 607 Å². The molecule has 568 valence electrons. The standard InChI is InChI=1S/C88H158NO8P/c1-6-8-10-12-14-16-18-20-22-24-26-28-30-32-34-36-38-40-42-43-44-45-47-49-51-53-55-57-59-61-63-65-67-69-71-73-75-77-79-81-88(91)97-86(85-96-98(92,93)95-83-82-89(3,4)5)84-94-87(90)80-78-76-74-72-70-68-66-64-62-60-58-56-54-52-50-48-46-41-39-37-35-33-31-29-27-25-23-21-19-17-15-13-11-9-7-2/h8,10,14,16,19-22,25-28,32,34,38,40,43-44,86H,6-7,9,11-13,15,17-18,23-24,29-31,33,35-37,39,41-42,45-85H2,1-5H3/p+1/b10-8-,16-14-,21-19-,22-20-,27-25-,28-26-,34-32-,40-38-,44-43-. The summed E-state index contributed by atoms with van der Waals surface area (Å²) in [5.41, 5.74) is 0. The maximum atomic E-state index is 12.9. The van der Waals surface area contributed by atoms with Gasteiger partial charge in [-0.3, -0.25) is 18.6 Å². The van der Waals surface area contributed by atoms with Gasteiger partial charge in [-0.15, -0.1) is 0 Å². The number of rotatable bonds is 77. The molecule has 98 heavy (non-hydrogen) atoms. The summed E-state index contributed by atoms with van der Waals surface area (Å²) in [6.45, 7) is 4.36. The Hall–Kier alpha value is -3.33. The van der Waals surface area contributed by atoms with E-state index in [1.165, 1.54) is 270 Å². The molecule has 0 amide bonds. The Morgan fingerprint density at radius 1 is 0.327 bits per heavy atom. The Morgan fingerprint density at radius 2 is 0.582 bits per heavy atom. The van der Waals surface area contributed by atoms with Crippen LogP contribution in [0.5, 0.6) is 0 Å². The largest absolute Gasteiger partial charge is 0.472 e. The van der Waals surface area contributed by atoms with Crippen LogP contribution >= 0.6 is 7.82 Å². The van der Waals surface area contributed by atoms with Crippen molar-refractivity contribution in [2.75, 3.05) is 47.5 Å². The molecule has 9 nitrogen and oxygen atoms in total. The number of hydrogen-bond acceptors (Lipinski definition) is 7. The number of nitrogens with zero attached hydrogens (tertiary/aromatic N) is 1. The molecule has 0 fully saturated rings. The number of carbonyl (C=O) groups excluding carboxylic acids is 2. The molecule has 0 saturated heterocycles. The van der Waals surface area contributed by atoms with Gasteiger partial charge in [0.05, 0.1) is 27.7 Å². The first-order valence-electron chi connectivity index (χ1n) is 41.6. The second-order valence-corrected chi connectivity index (χ2v) is 30.6. The molecule has 0 bridgehead atoms. The van der Waals surface area contributed by atoms with Gasteiger partial charge in [0.2, 0.25) is 0 Å². The van der Waals surface area contributed by atoms with Crippen molar-refractivity contribution in [2.45, 2.75) is 392 Å². The van der Waals surface area contributed by atoms with Crippen LogP contribution in [-0.2, 0) is 32.7 Å². The van der Waals surface area contributed by atoms with Crippen LogP contribution in [-0.4, -0.2) is 74.9 Å². The molecule has 0 heterocycles. The molecule has 0 spiro atoms. The molecule has 0 aromatic rings. The smallest absolute Gasteiger partial charge is 0.462 e. The van der Waals surface area contributed by atoms with E-state index < -0.39 is 26.5 Å². The van der Waals surface area contributed by atoms with Crippen molar-refractivity contribution >= 4 is 19.8 Å². The van der Waals surface area contributed by atoms with Gasteiger partial charge in [0, 0.05) is 12.8 Å². The lowest BCUT2D eigenvalue weighted by Gasteiger charge is -2.24. The minimum atomic E-state index is -4.40. The summed E-state index contributed by atoms with van der Waals surface area (Å²) >= 11 is 0. The van der Waals surface area contributed by atoms with E-state index in [9.17, 15) is 19.0 Å². The molecule has 0 rings (SSSR count). The van der Waals surface area contributed by atoms with Crippen LogP contribution in [0.2, 0.25) is 0 Å². The first-order valence-corrected chi connectivity index (χ1v) is 43.1. The molecule has 10 heteroatoms. The van der Waals surface area contributed by atoms with Crippen LogP contribution in [0, 0.1) is 0 Å². The van der Waals surface area contributed by atoms with Gasteiger partial charge < -0.3 is 18.9 Å². The van der Waals surface area contributed by atoms with E-state index in [0.29, 0.717) is 23.9 Å². The maximum Gasteiger partial charge on any atom is 0.472 e. The highest BCUT2D eigenvalue weighted by molar-refractivity contribution is 7.47. The van der Waals surface area contributed by atoms with Crippen molar-refractivity contribution in [3.05, 3.63) is 109 Å². The topological polar surface area (TPSA) is 108 Å². The van der Waals surface area contributed by atoms with Gasteiger partial charge in [-0.05, 0) is 103 Å². The molecule has 2 unspecified atom stereocenters. The van der Waals surface area contributed by atoms with Gasteiger partial charge in [0.15, 0.2) is 6.10 Å². The second kappa shape index (κ2) is 77.8. The number of allylic oxidation sites excluding steroid dienone is 18. The zero-order valence-corrected chi connectivity index (χ0v) is 65.9. The third-order valence-electron chi connectivity index (χ3n) is 18.3. The van der Waals surface area contributed by atoms with E-state index in [2.05, 4.69) is 123 Å². The lowest BCUT2D eigenvalue weighted by Crippen LogP contribution is -2.37. The normalized spacial score (nSPS) is 13.6. The number of ether oxygens (including phenoxy) is 2. The summed E-state index contributed by atoms with van der Waals surface area (Å²) in [6.07, 6.45) is 111. The van der Waals surface area contributed by atoms with E-state index in [4.69, 9.17) is 18.5 Å². The summed E-state index contributed by atoms with van der Waals surface area (Å²) in [5.74, 6) is -0.781. The predicted octanol–water partition coefficient (Wildman–Crippen LogP) is 28.0. The summed E-state index contributed by atoms with van der Waals surface area (Å²) in [7, 11) is 1.49. The number of phosphoric acid groups is 1. The van der Waals surface area contributed by atoms with Gasteiger partial charge in [-0.2, -0.15) is 0 Å². The molecule has 0 aliphatic carbocycles. The third kappa shape index (κ3) is 81.6. The van der Waals surface area contributed by atoms with Crippen molar-refractivity contribution in [1.29, 1.82) is 0 Å². The number of quaternary nitrogens is 1. The number of phosphoric ester groups is 1. The Bertz CT molecular complexity index is 2030. The van der Waals surface area contributed by atoms with Crippen molar-refractivity contribution < 1.29 is 42.1 Å². The molecule has 0 aliphatic heterocycles. The molecular weight excluding hydrogens is 1230 g/mol. The SMILES string of the molecule is CC/C=C\C/C=C\C/C=C\C/C=C\C/C=C\C/C=C\C/C=C\CCCCCCCCCCCCCCCCCCCC(=O)OC(COC(=O)CCCCCCCCCCCCCCCCCCCCCCCCC/C=C\C/C=C\CCCCCCC)COP(=O)(O)OCC[N+](C)(C)C. The van der Waals surface area contributed by atoms with Crippen LogP contribution in [0.4, 0.5) is 0 Å². The number of carbonyl (C=O) groups is 2. The molecule has 0 radical (unpaired) electrons. The number of hydrogen-bond donors (Lipinski definition) is 1. The van der Waals surface area contributed by atoms with E-state index in [-0.39, 0.29) is 25.6 Å². The van der Waals surface area contributed by atoms with E-state index in [1.54, 1.807) is 0 Å². The fourth-order valence-electron chi connectivity index (χ4n) is 12.0. The average Bonchev–Trinajstić information content (AvgIpc) is 1.23. The summed E-state index contributed by atoms with van der Waals surface area (Å²) in [5, 5.41) is 0. The van der Waals surface area contributed by atoms with Gasteiger partial charge in [0.25, 0.3) is 0 Å². The fraction of sp³-hybridized carbons (Fsp3) is 0.773. The zero-order valence-electron chi connectivity index (χ0n) is 65.0. The molecule has 0 aliphatic rings. The predicted molar refractivity (Wildman–Crippen MR) is 427 cm³/mol. The lowest BCUT2D eigenvalue weighted by molar-refractivity contribution is -0.870. The molecule has 2 atom stereocenters. The minimum Gasteiger partial charge on any atom is -0.462 e. The molecular formula is C88H159NO8P+. The van der Waals surface area contributed by atoms with Crippen molar-refractivity contribution in [2.24, 2.45) is 0 Å². The summed E-state index contributed by atoms with van der Waals surface area (Å²) in [4.78, 5) is 36.0. The highest BCUT2D eigenvalue weighted by atomic mass is 31.2. The van der Waals surface area contributed by atoms with Gasteiger partial charge >= 0.3 is 19.8 Å². The zero-order chi connectivity index (χ0) is 71.1. The number of esters is 2. The van der Waals surface area contributed by atoms with Gasteiger partial charge in [0.1, 0.15) is 19.8 Å². The van der Waals surface area contributed by atoms with Crippen molar-refractivity contribution in [3.8, 4) is 0 Å². The fourth-order valence-corrected chi connectivity index (χ4v) is 12.7. The molecule has 0 aromatic heterocycles. The van der Waals surface area contributed by atoms with E-state index in [1.807, 2.05) is 21.1 Å². The van der Waals surface area contributed by atoms with Crippen molar-refractivity contribution in [3.63, 3.8) is 0 Å². The van der Waals surface area contributed by atoms with Crippen LogP contribution in [0.3, 0.4) is 0 Å². The molecule has 0 aromatic carbocycles. The first kappa shape index (κ1) is 94.7. The number of unbranched alkanes of at least 4 members (excludes halogenated alkanes) is 45. The maximum absolute atomic E-state index is 12.9. The number of likely N-dealkylation sites (N-methyl/N-ethyl adjacent to an activating group) is 1. The first-order chi connectivity index (χ1) is 48.0. The summed E-state index contributed by atoms with van der Waals surface area (Å²) < 4.78 is 34.9. The van der Waals surface area contributed by atoms with Crippen LogP contribution in [0.15, 0.2) is 109 Å². The van der Waals surface area contributed by atoms with Crippen LogP contribution in [0.25, 0.3) is 0 Å². The Balaban J connectivity index is 3.93. The Morgan fingerprint density at radius 3 is 0.867 bits per heavy atom. The van der Waals surface area contributed by atoms with E-state index in [0.717, 1.165) is 83.5 Å². The monoisotopic (exact) mass is 1390 g/mol. The highest BCUT2D eigenvalue weighted by Gasteiger charge is 2.27. The van der Waals surface area contributed by atoms with Crippen LogP contribution in [0.1, 0.15) is 386 Å². The highest BCUT2D eigenvalue weighted by Crippen LogP contribution is 2.43. The van der Waals surface area contributed by atoms with Crippen LogP contribution < -0.4 is 0 Å².